The minimum absolute atomic E-state index is 0.385. The van der Waals surface area contributed by atoms with Crippen LogP contribution in [0.15, 0.2) is 48.9 Å². The normalized spacial score (nSPS) is 16.4. The van der Waals surface area contributed by atoms with E-state index in [4.69, 9.17) is 10.1 Å². The lowest BCUT2D eigenvalue weighted by atomic mass is 9.91. The van der Waals surface area contributed by atoms with Crippen molar-refractivity contribution >= 4 is 32.3 Å². The predicted molar refractivity (Wildman–Crippen MR) is 117 cm³/mol. The molecule has 0 bridgehead atoms. The van der Waals surface area contributed by atoms with Gasteiger partial charge < -0.3 is 10.3 Å². The molecule has 1 atom stereocenters. The monoisotopic (exact) mass is 400 g/mol. The molecule has 1 unspecified atom stereocenters. The van der Waals surface area contributed by atoms with E-state index in [0.717, 1.165) is 40.6 Å². The third kappa shape index (κ3) is 2.89. The van der Waals surface area contributed by atoms with Gasteiger partial charge in [-0.3, -0.25) is 4.98 Å². The zero-order valence-corrected chi connectivity index (χ0v) is 16.8. The van der Waals surface area contributed by atoms with Crippen LogP contribution in [0.4, 0.5) is 5.13 Å². The molecule has 2 N–H and O–H groups in total. The van der Waals surface area contributed by atoms with Crippen LogP contribution in [0.25, 0.3) is 27.1 Å². The molecule has 1 aliphatic rings. The summed E-state index contributed by atoms with van der Waals surface area (Å²) in [6.45, 7) is 2.16. The number of H-pyrrole nitrogens is 1. The summed E-state index contributed by atoms with van der Waals surface area (Å²) >= 11 is 1.60. The fourth-order valence-corrected chi connectivity index (χ4v) is 5.10. The number of nitrogens with one attached hydrogen (secondary N) is 2. The molecule has 7 heteroatoms. The molecule has 5 aromatic rings. The average Bonchev–Trinajstić information content (AvgIpc) is 3.40. The minimum atomic E-state index is 0.385. The number of nitrogens with zero attached hydrogens (tertiary/aromatic N) is 4. The first kappa shape index (κ1) is 16.7. The molecular weight excluding hydrogens is 380 g/mol. The number of aromatic nitrogens is 5. The molecular formula is C22H20N6S. The van der Waals surface area contributed by atoms with Crippen molar-refractivity contribution in [3.8, 4) is 11.3 Å². The number of pyridine rings is 1. The van der Waals surface area contributed by atoms with E-state index in [9.17, 15) is 0 Å². The van der Waals surface area contributed by atoms with Crippen LogP contribution < -0.4 is 5.32 Å². The molecule has 0 amide bonds. The highest BCUT2D eigenvalue weighted by atomic mass is 32.1. The van der Waals surface area contributed by atoms with Crippen LogP contribution in [0.2, 0.25) is 0 Å². The van der Waals surface area contributed by atoms with Crippen LogP contribution in [0.3, 0.4) is 0 Å². The van der Waals surface area contributed by atoms with Crippen LogP contribution in [0.1, 0.15) is 23.2 Å². The van der Waals surface area contributed by atoms with Gasteiger partial charge in [0, 0.05) is 40.6 Å². The smallest absolute Gasteiger partial charge is 0.214 e. The molecule has 4 aromatic heterocycles. The Morgan fingerprint density at radius 3 is 3.10 bits per heavy atom. The van der Waals surface area contributed by atoms with Crippen molar-refractivity contribution in [2.24, 2.45) is 0 Å². The van der Waals surface area contributed by atoms with Crippen molar-refractivity contribution in [1.29, 1.82) is 0 Å². The molecule has 29 heavy (non-hydrogen) atoms. The molecule has 0 fully saturated rings. The zero-order chi connectivity index (χ0) is 19.4. The molecule has 1 aliphatic carbocycles. The second kappa shape index (κ2) is 6.42. The second-order valence-electron chi connectivity index (χ2n) is 7.72. The summed E-state index contributed by atoms with van der Waals surface area (Å²) in [6, 6.07) is 11.0. The molecule has 6 rings (SSSR count). The van der Waals surface area contributed by atoms with Gasteiger partial charge >= 0.3 is 0 Å². The first-order chi connectivity index (χ1) is 14.2. The molecule has 0 radical (unpaired) electrons. The Hall–Kier alpha value is -3.19. The van der Waals surface area contributed by atoms with E-state index >= 15 is 0 Å². The van der Waals surface area contributed by atoms with Crippen molar-refractivity contribution in [1.82, 2.24) is 24.6 Å². The average molecular weight is 401 g/mol. The van der Waals surface area contributed by atoms with Crippen molar-refractivity contribution in [3.05, 3.63) is 65.7 Å². The molecule has 1 aromatic carbocycles. The van der Waals surface area contributed by atoms with Crippen molar-refractivity contribution in [2.45, 2.75) is 32.2 Å². The van der Waals surface area contributed by atoms with Gasteiger partial charge in [-0.2, -0.15) is 0 Å². The summed E-state index contributed by atoms with van der Waals surface area (Å²) in [6.07, 6.45) is 8.74. The Kier molecular flexibility index (Phi) is 3.70. The van der Waals surface area contributed by atoms with E-state index in [1.807, 2.05) is 29.0 Å². The van der Waals surface area contributed by atoms with Gasteiger partial charge in [0.15, 0.2) is 0 Å². The number of imidazole rings is 1. The summed E-state index contributed by atoms with van der Waals surface area (Å²) in [5, 5.41) is 10.6. The standard InChI is InChI=1S/C22H20N6S/c1-13-4-6-18-16(9-13)17-10-15(5-7-19(17)25-18)24-21-27-28-12-20(26-22(28)29-21)14-3-2-8-23-11-14/h2-4,6,8-9,11-12,15,25H,5,7,10H2,1H3,(H,24,27). The Balaban J connectivity index is 1.25. The summed E-state index contributed by atoms with van der Waals surface area (Å²) in [5.41, 5.74) is 7.30. The molecule has 0 aliphatic heterocycles. The summed E-state index contributed by atoms with van der Waals surface area (Å²) in [7, 11) is 0. The molecule has 0 spiro atoms. The number of aromatic amines is 1. The lowest BCUT2D eigenvalue weighted by Crippen LogP contribution is -2.27. The Bertz CT molecular complexity index is 1300. The lowest BCUT2D eigenvalue weighted by Gasteiger charge is -2.23. The van der Waals surface area contributed by atoms with Gasteiger partial charge in [0.05, 0.1) is 11.9 Å². The maximum absolute atomic E-state index is 4.71. The minimum Gasteiger partial charge on any atom is -0.358 e. The maximum atomic E-state index is 4.71. The van der Waals surface area contributed by atoms with E-state index in [0.29, 0.717) is 6.04 Å². The largest absolute Gasteiger partial charge is 0.358 e. The van der Waals surface area contributed by atoms with Crippen LogP contribution >= 0.6 is 11.3 Å². The number of anilines is 1. The zero-order valence-electron chi connectivity index (χ0n) is 16.0. The van der Waals surface area contributed by atoms with E-state index in [-0.39, 0.29) is 0 Å². The van der Waals surface area contributed by atoms with E-state index in [1.54, 1.807) is 17.5 Å². The van der Waals surface area contributed by atoms with Gasteiger partial charge in [-0.05, 0) is 56.0 Å². The van der Waals surface area contributed by atoms with Gasteiger partial charge in [0.2, 0.25) is 10.1 Å². The third-order valence-electron chi connectivity index (χ3n) is 5.67. The molecule has 0 saturated carbocycles. The summed E-state index contributed by atoms with van der Waals surface area (Å²) < 4.78 is 1.86. The third-order valence-corrected chi connectivity index (χ3v) is 6.53. The summed E-state index contributed by atoms with van der Waals surface area (Å²) in [5.74, 6) is 0. The summed E-state index contributed by atoms with van der Waals surface area (Å²) in [4.78, 5) is 13.4. The Labute approximate surface area is 171 Å². The second-order valence-corrected chi connectivity index (χ2v) is 8.67. The van der Waals surface area contributed by atoms with E-state index in [2.05, 4.69) is 40.4 Å². The van der Waals surface area contributed by atoms with Crippen molar-refractivity contribution < 1.29 is 0 Å². The van der Waals surface area contributed by atoms with Gasteiger partial charge in [0.1, 0.15) is 0 Å². The Morgan fingerprint density at radius 2 is 2.24 bits per heavy atom. The van der Waals surface area contributed by atoms with Gasteiger partial charge in [-0.1, -0.05) is 23.0 Å². The Morgan fingerprint density at radius 1 is 1.28 bits per heavy atom. The van der Waals surface area contributed by atoms with Crippen LogP contribution in [0, 0.1) is 6.92 Å². The fraction of sp³-hybridized carbons (Fsp3) is 0.227. The van der Waals surface area contributed by atoms with Gasteiger partial charge in [0.25, 0.3) is 0 Å². The van der Waals surface area contributed by atoms with Gasteiger partial charge in [-0.15, -0.1) is 5.10 Å². The molecule has 6 nitrogen and oxygen atoms in total. The maximum Gasteiger partial charge on any atom is 0.214 e. The first-order valence-corrected chi connectivity index (χ1v) is 10.7. The van der Waals surface area contributed by atoms with Crippen LogP contribution in [0.5, 0.6) is 0 Å². The lowest BCUT2D eigenvalue weighted by molar-refractivity contribution is 0.606. The number of rotatable bonds is 3. The highest BCUT2D eigenvalue weighted by molar-refractivity contribution is 7.20. The number of benzene rings is 1. The highest BCUT2D eigenvalue weighted by Crippen LogP contribution is 2.32. The SMILES string of the molecule is Cc1ccc2[nH]c3c(c2c1)CC(Nc1nn2cc(-c4cccnc4)nc2s1)CC3. The molecule has 4 heterocycles. The molecule has 144 valence electrons. The van der Waals surface area contributed by atoms with Crippen LogP contribution in [-0.4, -0.2) is 30.6 Å². The number of hydrogen-bond donors (Lipinski definition) is 2. The number of fused-ring (bicyclic) bond motifs is 4. The van der Waals surface area contributed by atoms with Crippen molar-refractivity contribution in [2.75, 3.05) is 5.32 Å². The number of hydrogen-bond acceptors (Lipinski definition) is 5. The van der Waals surface area contributed by atoms with E-state index in [1.165, 1.54) is 27.7 Å². The quantitative estimate of drug-likeness (QED) is 0.464. The van der Waals surface area contributed by atoms with Crippen molar-refractivity contribution in [3.63, 3.8) is 0 Å². The van der Waals surface area contributed by atoms with Gasteiger partial charge in [-0.25, -0.2) is 9.50 Å². The topological polar surface area (TPSA) is 70.9 Å². The first-order valence-electron chi connectivity index (χ1n) is 9.86. The molecule has 0 saturated heterocycles. The highest BCUT2D eigenvalue weighted by Gasteiger charge is 2.23. The fourth-order valence-electron chi connectivity index (χ4n) is 4.24. The predicted octanol–water partition coefficient (Wildman–Crippen LogP) is 4.61. The number of aryl methyl sites for hydroxylation is 2. The van der Waals surface area contributed by atoms with Crippen LogP contribution in [-0.2, 0) is 12.8 Å². The van der Waals surface area contributed by atoms with E-state index < -0.39 is 0 Å².